The lowest BCUT2D eigenvalue weighted by Crippen LogP contribution is -2.46. The molecule has 17 heavy (non-hydrogen) atoms. The van der Waals surface area contributed by atoms with E-state index in [0.29, 0.717) is 13.1 Å². The van der Waals surface area contributed by atoms with E-state index in [1.54, 1.807) is 11.1 Å². The van der Waals surface area contributed by atoms with Crippen LogP contribution in [0.2, 0.25) is 0 Å². The van der Waals surface area contributed by atoms with Crippen LogP contribution in [-0.4, -0.2) is 52.1 Å². The highest BCUT2D eigenvalue weighted by molar-refractivity contribution is 7.51. The summed E-state index contributed by atoms with van der Waals surface area (Å²) in [5, 5.41) is 0. The van der Waals surface area contributed by atoms with Crippen LogP contribution in [-0.2, 0) is 4.57 Å². The summed E-state index contributed by atoms with van der Waals surface area (Å²) in [4.78, 5) is 26.0. The van der Waals surface area contributed by atoms with Crippen molar-refractivity contribution in [3.63, 3.8) is 0 Å². The lowest BCUT2D eigenvalue weighted by molar-refractivity contribution is 0.263. The van der Waals surface area contributed by atoms with Crippen molar-refractivity contribution in [1.29, 1.82) is 0 Å². The van der Waals surface area contributed by atoms with Gasteiger partial charge in [-0.1, -0.05) is 6.07 Å². The molecule has 2 heterocycles. The summed E-state index contributed by atoms with van der Waals surface area (Å²) in [5.41, 5.74) is 0. The smallest absolute Gasteiger partial charge is 0.339 e. The van der Waals surface area contributed by atoms with E-state index < -0.39 is 7.60 Å². The lowest BCUT2D eigenvalue weighted by Gasteiger charge is -2.35. The molecule has 6 nitrogen and oxygen atoms in total. The molecule has 0 spiro atoms. The first-order valence-electron chi connectivity index (χ1n) is 5.47. The van der Waals surface area contributed by atoms with Crippen LogP contribution in [0, 0.1) is 0 Å². The molecule has 94 valence electrons. The first-order valence-corrected chi connectivity index (χ1v) is 7.27. The Morgan fingerprint density at radius 2 is 1.94 bits per heavy atom. The maximum Gasteiger partial charge on any atom is 0.339 e. The van der Waals surface area contributed by atoms with Gasteiger partial charge in [-0.2, -0.15) is 0 Å². The Morgan fingerprint density at radius 3 is 2.47 bits per heavy atom. The van der Waals surface area contributed by atoms with Crippen molar-refractivity contribution in [3.05, 3.63) is 24.4 Å². The van der Waals surface area contributed by atoms with Crippen LogP contribution in [0.15, 0.2) is 24.4 Å². The zero-order valence-electron chi connectivity index (χ0n) is 9.44. The molecule has 1 fully saturated rings. The van der Waals surface area contributed by atoms with Crippen molar-refractivity contribution in [1.82, 2.24) is 9.88 Å². The minimum Gasteiger partial charge on any atom is -0.354 e. The molecule has 0 radical (unpaired) electrons. The van der Waals surface area contributed by atoms with Gasteiger partial charge in [0.05, 0.1) is 0 Å². The second kappa shape index (κ2) is 5.14. The Bertz CT molecular complexity index is 401. The van der Waals surface area contributed by atoms with E-state index in [1.165, 1.54) is 0 Å². The Balaban J connectivity index is 1.89. The number of piperazine rings is 1. The highest BCUT2D eigenvalue weighted by Crippen LogP contribution is 2.35. The van der Waals surface area contributed by atoms with Crippen LogP contribution in [0.3, 0.4) is 0 Å². The van der Waals surface area contributed by atoms with Gasteiger partial charge in [-0.05, 0) is 12.1 Å². The van der Waals surface area contributed by atoms with Gasteiger partial charge in [0.2, 0.25) is 0 Å². The third kappa shape index (κ3) is 3.78. The van der Waals surface area contributed by atoms with Gasteiger partial charge in [0, 0.05) is 32.4 Å². The van der Waals surface area contributed by atoms with Crippen LogP contribution >= 0.6 is 7.60 Å². The minimum absolute atomic E-state index is 0.150. The zero-order chi connectivity index (χ0) is 12.3. The average Bonchev–Trinajstić information content (AvgIpc) is 2.29. The highest BCUT2D eigenvalue weighted by Gasteiger charge is 2.23. The third-order valence-electron chi connectivity index (χ3n) is 2.73. The van der Waals surface area contributed by atoms with Crippen LogP contribution in [0.4, 0.5) is 5.82 Å². The van der Waals surface area contributed by atoms with Gasteiger partial charge in [-0.25, -0.2) is 4.98 Å². The summed E-state index contributed by atoms with van der Waals surface area (Å²) in [6, 6.07) is 5.75. The molecule has 0 aliphatic carbocycles. The van der Waals surface area contributed by atoms with Crippen LogP contribution in [0.1, 0.15) is 0 Å². The summed E-state index contributed by atoms with van der Waals surface area (Å²) in [7, 11) is -3.93. The van der Waals surface area contributed by atoms with Crippen LogP contribution in [0.5, 0.6) is 0 Å². The van der Waals surface area contributed by atoms with Crippen LogP contribution in [0.25, 0.3) is 0 Å². The number of anilines is 1. The SMILES string of the molecule is O=P(O)(O)CN1CCN(c2ccccn2)CC1. The average molecular weight is 257 g/mol. The van der Waals surface area contributed by atoms with Crippen molar-refractivity contribution in [3.8, 4) is 0 Å². The normalized spacial score (nSPS) is 18.4. The number of hydrogen-bond acceptors (Lipinski definition) is 4. The summed E-state index contributed by atoms with van der Waals surface area (Å²) in [5.74, 6) is 0.920. The van der Waals surface area contributed by atoms with Gasteiger partial charge in [0.25, 0.3) is 0 Å². The maximum atomic E-state index is 10.9. The summed E-state index contributed by atoms with van der Waals surface area (Å²) in [6.45, 7) is 2.80. The molecule has 0 bridgehead atoms. The molecule has 1 aromatic rings. The van der Waals surface area contributed by atoms with E-state index >= 15 is 0 Å². The predicted molar refractivity (Wildman–Crippen MR) is 64.9 cm³/mol. The van der Waals surface area contributed by atoms with E-state index in [-0.39, 0.29) is 6.29 Å². The van der Waals surface area contributed by atoms with Gasteiger partial charge in [0.15, 0.2) is 0 Å². The summed E-state index contributed by atoms with van der Waals surface area (Å²) in [6.07, 6.45) is 1.60. The molecule has 2 N–H and O–H groups in total. The number of pyridine rings is 1. The number of hydrogen-bond donors (Lipinski definition) is 2. The topological polar surface area (TPSA) is 76.9 Å². The van der Waals surface area contributed by atoms with Crippen molar-refractivity contribution in [2.45, 2.75) is 0 Å². The maximum absolute atomic E-state index is 10.9. The summed E-state index contributed by atoms with van der Waals surface area (Å²) >= 11 is 0. The Hall–Kier alpha value is -0.940. The molecule has 0 unspecified atom stereocenters. The second-order valence-electron chi connectivity index (χ2n) is 4.10. The largest absolute Gasteiger partial charge is 0.354 e. The standard InChI is InChI=1S/C10H16N3O3P/c14-17(15,16)9-12-5-7-13(8-6-12)10-3-1-2-4-11-10/h1-4H,5-9H2,(H2,14,15,16). The second-order valence-corrected chi connectivity index (χ2v) is 5.71. The highest BCUT2D eigenvalue weighted by atomic mass is 31.2. The van der Waals surface area contributed by atoms with Gasteiger partial charge in [-0.3, -0.25) is 9.46 Å². The first-order chi connectivity index (χ1) is 8.04. The molecule has 0 saturated carbocycles. The molecule has 1 aliphatic heterocycles. The van der Waals surface area contributed by atoms with Crippen molar-refractivity contribution in [2.24, 2.45) is 0 Å². The third-order valence-corrected chi connectivity index (χ3v) is 3.50. The number of rotatable bonds is 3. The number of nitrogens with zero attached hydrogens (tertiary/aromatic N) is 3. The fourth-order valence-corrected chi connectivity index (χ4v) is 2.72. The lowest BCUT2D eigenvalue weighted by atomic mass is 10.3. The van der Waals surface area contributed by atoms with Crippen LogP contribution < -0.4 is 4.90 Å². The first kappa shape index (κ1) is 12.5. The van der Waals surface area contributed by atoms with Gasteiger partial charge in [0.1, 0.15) is 12.1 Å². The summed E-state index contributed by atoms with van der Waals surface area (Å²) < 4.78 is 10.9. The van der Waals surface area contributed by atoms with Crippen molar-refractivity contribution < 1.29 is 14.4 Å². The molecular formula is C10H16N3O3P. The quantitative estimate of drug-likeness (QED) is 0.760. The van der Waals surface area contributed by atoms with Gasteiger partial charge in [-0.15, -0.1) is 0 Å². The Morgan fingerprint density at radius 1 is 1.24 bits per heavy atom. The fourth-order valence-electron chi connectivity index (χ4n) is 1.92. The van der Waals surface area contributed by atoms with E-state index in [9.17, 15) is 4.57 Å². The molecule has 1 saturated heterocycles. The van der Waals surface area contributed by atoms with E-state index in [4.69, 9.17) is 9.79 Å². The molecular weight excluding hydrogens is 241 g/mol. The van der Waals surface area contributed by atoms with E-state index in [2.05, 4.69) is 9.88 Å². The van der Waals surface area contributed by atoms with Crippen molar-refractivity contribution >= 4 is 13.4 Å². The molecule has 0 amide bonds. The molecule has 7 heteroatoms. The Kier molecular flexibility index (Phi) is 3.79. The predicted octanol–water partition coefficient (Wildman–Crippen LogP) is 0.339. The molecule has 1 aromatic heterocycles. The van der Waals surface area contributed by atoms with E-state index in [1.807, 2.05) is 18.2 Å². The molecule has 2 rings (SSSR count). The van der Waals surface area contributed by atoms with Gasteiger partial charge >= 0.3 is 7.60 Å². The Labute approximate surface area is 100 Å². The fraction of sp³-hybridized carbons (Fsp3) is 0.500. The monoisotopic (exact) mass is 257 g/mol. The molecule has 0 aromatic carbocycles. The minimum atomic E-state index is -3.93. The molecule has 0 atom stereocenters. The van der Waals surface area contributed by atoms with Gasteiger partial charge < -0.3 is 14.7 Å². The van der Waals surface area contributed by atoms with E-state index in [0.717, 1.165) is 18.9 Å². The number of aromatic nitrogens is 1. The zero-order valence-corrected chi connectivity index (χ0v) is 10.3. The van der Waals surface area contributed by atoms with Crippen molar-refractivity contribution in [2.75, 3.05) is 37.4 Å². The molecule has 1 aliphatic rings.